The average molecular weight is 181 g/mol. The van der Waals surface area contributed by atoms with Crippen molar-refractivity contribution in [1.82, 2.24) is 10.1 Å². The Bertz CT molecular complexity index is 278. The molecule has 2 heterocycles. The van der Waals surface area contributed by atoms with E-state index in [1.165, 1.54) is 6.07 Å². The van der Waals surface area contributed by atoms with E-state index in [1.54, 1.807) is 4.90 Å². The Labute approximate surface area is 75.3 Å². The molecular formula is C8H9N2O3. The first-order chi connectivity index (χ1) is 6.38. The fourth-order valence-corrected chi connectivity index (χ4v) is 1.21. The molecule has 1 aromatic rings. The molecule has 0 aromatic carbocycles. The summed E-state index contributed by atoms with van der Waals surface area (Å²) < 4.78 is 9.83. The van der Waals surface area contributed by atoms with Crippen LogP contribution < -0.4 is 0 Å². The molecule has 0 N–H and O–H groups in total. The smallest absolute Gasteiger partial charge is 0.292 e. The van der Waals surface area contributed by atoms with Gasteiger partial charge in [-0.3, -0.25) is 4.79 Å². The second kappa shape index (κ2) is 3.57. The monoisotopic (exact) mass is 181 g/mol. The van der Waals surface area contributed by atoms with Crippen molar-refractivity contribution in [2.75, 3.05) is 26.3 Å². The highest BCUT2D eigenvalue weighted by Crippen LogP contribution is 2.05. The number of hydrogen-bond donors (Lipinski definition) is 0. The van der Waals surface area contributed by atoms with E-state index in [9.17, 15) is 4.79 Å². The summed E-state index contributed by atoms with van der Waals surface area (Å²) in [4.78, 5) is 13.3. The molecule has 0 aliphatic carbocycles. The van der Waals surface area contributed by atoms with Gasteiger partial charge in [-0.1, -0.05) is 5.16 Å². The second-order valence-electron chi connectivity index (χ2n) is 2.72. The molecule has 1 amide bonds. The van der Waals surface area contributed by atoms with Crippen molar-refractivity contribution in [2.45, 2.75) is 0 Å². The van der Waals surface area contributed by atoms with Gasteiger partial charge >= 0.3 is 0 Å². The third kappa shape index (κ3) is 1.70. The van der Waals surface area contributed by atoms with E-state index < -0.39 is 0 Å². The van der Waals surface area contributed by atoms with Crippen LogP contribution in [0.4, 0.5) is 0 Å². The molecule has 0 saturated carbocycles. The number of amides is 1. The van der Waals surface area contributed by atoms with Crippen LogP contribution in [0.1, 0.15) is 10.6 Å². The molecule has 0 bridgehead atoms. The van der Waals surface area contributed by atoms with Crippen LogP contribution in [0, 0.1) is 6.20 Å². The SMILES string of the molecule is O=C(c1c[c]no1)N1CCOCC1. The summed E-state index contributed by atoms with van der Waals surface area (Å²) in [6.07, 6.45) is 2.45. The van der Waals surface area contributed by atoms with Crippen LogP contribution in [0.2, 0.25) is 0 Å². The van der Waals surface area contributed by atoms with Gasteiger partial charge < -0.3 is 14.2 Å². The third-order valence-electron chi connectivity index (χ3n) is 1.90. The second-order valence-corrected chi connectivity index (χ2v) is 2.72. The van der Waals surface area contributed by atoms with Crippen LogP contribution in [-0.2, 0) is 4.74 Å². The van der Waals surface area contributed by atoms with Gasteiger partial charge in [-0.05, 0) is 0 Å². The molecule has 13 heavy (non-hydrogen) atoms. The summed E-state index contributed by atoms with van der Waals surface area (Å²) >= 11 is 0. The van der Waals surface area contributed by atoms with Gasteiger partial charge in [-0.15, -0.1) is 0 Å². The number of carbonyl (C=O) groups is 1. The van der Waals surface area contributed by atoms with Gasteiger partial charge in [0.1, 0.15) is 6.20 Å². The first-order valence-corrected chi connectivity index (χ1v) is 4.08. The lowest BCUT2D eigenvalue weighted by atomic mass is 10.3. The highest BCUT2D eigenvalue weighted by Gasteiger charge is 2.20. The first kappa shape index (κ1) is 8.25. The van der Waals surface area contributed by atoms with Gasteiger partial charge in [0.25, 0.3) is 5.91 Å². The molecule has 1 saturated heterocycles. The molecule has 0 spiro atoms. The van der Waals surface area contributed by atoms with Gasteiger partial charge in [0.2, 0.25) is 5.76 Å². The average Bonchev–Trinajstić information content (AvgIpc) is 2.71. The van der Waals surface area contributed by atoms with Crippen molar-refractivity contribution < 1.29 is 14.1 Å². The number of morpholine rings is 1. The van der Waals surface area contributed by atoms with E-state index in [4.69, 9.17) is 9.26 Å². The Balaban J connectivity index is 2.04. The summed E-state index contributed by atoms with van der Waals surface area (Å²) in [7, 11) is 0. The van der Waals surface area contributed by atoms with Gasteiger partial charge in [0.05, 0.1) is 13.2 Å². The molecule has 1 aliphatic heterocycles. The number of nitrogens with zero attached hydrogens (tertiary/aromatic N) is 2. The highest BCUT2D eigenvalue weighted by atomic mass is 16.5. The number of rotatable bonds is 1. The van der Waals surface area contributed by atoms with Crippen LogP contribution in [-0.4, -0.2) is 42.3 Å². The zero-order chi connectivity index (χ0) is 9.10. The van der Waals surface area contributed by atoms with Crippen LogP contribution in [0.5, 0.6) is 0 Å². The molecule has 1 radical (unpaired) electrons. The maximum atomic E-state index is 11.6. The fraction of sp³-hybridized carbons (Fsp3) is 0.500. The molecule has 5 nitrogen and oxygen atoms in total. The number of aromatic nitrogens is 1. The van der Waals surface area contributed by atoms with E-state index in [0.29, 0.717) is 26.3 Å². The van der Waals surface area contributed by atoms with E-state index in [0.717, 1.165) is 0 Å². The maximum Gasteiger partial charge on any atom is 0.292 e. The summed E-state index contributed by atoms with van der Waals surface area (Å²) in [6, 6.07) is 1.44. The zero-order valence-corrected chi connectivity index (χ0v) is 7.02. The minimum absolute atomic E-state index is 0.142. The standard InChI is InChI=1S/C8H9N2O3/c11-8(7-1-2-9-13-7)10-3-5-12-6-4-10/h1H,3-6H2. The molecule has 5 heteroatoms. The normalized spacial score (nSPS) is 17.4. The lowest BCUT2D eigenvalue weighted by Gasteiger charge is -2.25. The van der Waals surface area contributed by atoms with Crippen molar-refractivity contribution in [3.8, 4) is 0 Å². The Kier molecular flexibility index (Phi) is 2.27. The zero-order valence-electron chi connectivity index (χ0n) is 7.02. The Morgan fingerprint density at radius 3 is 2.92 bits per heavy atom. The Hall–Kier alpha value is -1.36. The van der Waals surface area contributed by atoms with Crippen LogP contribution in [0.15, 0.2) is 10.6 Å². The van der Waals surface area contributed by atoms with E-state index in [1.807, 2.05) is 0 Å². The fourth-order valence-electron chi connectivity index (χ4n) is 1.21. The Morgan fingerprint density at radius 2 is 2.31 bits per heavy atom. The highest BCUT2D eigenvalue weighted by molar-refractivity contribution is 5.91. The molecule has 1 aliphatic rings. The summed E-state index contributed by atoms with van der Waals surface area (Å²) in [5.41, 5.74) is 0. The predicted molar refractivity (Wildman–Crippen MR) is 42.1 cm³/mol. The van der Waals surface area contributed by atoms with E-state index in [-0.39, 0.29) is 11.7 Å². The minimum Gasteiger partial charge on any atom is -0.378 e. The third-order valence-corrected chi connectivity index (χ3v) is 1.90. The van der Waals surface area contributed by atoms with Crippen LogP contribution in [0.3, 0.4) is 0 Å². The first-order valence-electron chi connectivity index (χ1n) is 4.08. The van der Waals surface area contributed by atoms with Gasteiger partial charge in [0, 0.05) is 19.2 Å². The molecule has 69 valence electrons. The van der Waals surface area contributed by atoms with Crippen molar-refractivity contribution in [3.63, 3.8) is 0 Å². The maximum absolute atomic E-state index is 11.6. The summed E-state index contributed by atoms with van der Waals surface area (Å²) in [5, 5.41) is 3.36. The molecular weight excluding hydrogens is 172 g/mol. The molecule has 0 unspecified atom stereocenters. The minimum atomic E-state index is -0.142. The topological polar surface area (TPSA) is 55.6 Å². The van der Waals surface area contributed by atoms with Crippen molar-refractivity contribution in [1.29, 1.82) is 0 Å². The number of hydrogen-bond acceptors (Lipinski definition) is 4. The van der Waals surface area contributed by atoms with E-state index >= 15 is 0 Å². The quantitative estimate of drug-likeness (QED) is 0.609. The predicted octanol–water partition coefficient (Wildman–Crippen LogP) is -0.0528. The van der Waals surface area contributed by atoms with Crippen LogP contribution in [0.25, 0.3) is 0 Å². The van der Waals surface area contributed by atoms with E-state index in [2.05, 4.69) is 11.4 Å². The molecule has 0 atom stereocenters. The van der Waals surface area contributed by atoms with Crippen molar-refractivity contribution in [2.24, 2.45) is 0 Å². The van der Waals surface area contributed by atoms with Gasteiger partial charge in [-0.25, -0.2) is 0 Å². The van der Waals surface area contributed by atoms with Gasteiger partial charge in [-0.2, -0.15) is 0 Å². The number of carbonyl (C=O) groups excluding carboxylic acids is 1. The number of ether oxygens (including phenoxy) is 1. The molecule has 1 aromatic heterocycles. The Morgan fingerprint density at radius 1 is 1.54 bits per heavy atom. The largest absolute Gasteiger partial charge is 0.378 e. The molecule has 2 rings (SSSR count). The lowest BCUT2D eigenvalue weighted by Crippen LogP contribution is -2.40. The van der Waals surface area contributed by atoms with Crippen molar-refractivity contribution in [3.05, 3.63) is 18.0 Å². The van der Waals surface area contributed by atoms with Crippen LogP contribution >= 0.6 is 0 Å². The summed E-state index contributed by atoms with van der Waals surface area (Å²) in [5.74, 6) is 0.0963. The molecule has 1 fully saturated rings. The summed E-state index contributed by atoms with van der Waals surface area (Å²) in [6.45, 7) is 2.40. The van der Waals surface area contributed by atoms with Crippen molar-refractivity contribution >= 4 is 5.91 Å². The van der Waals surface area contributed by atoms with Gasteiger partial charge in [0.15, 0.2) is 0 Å². The lowest BCUT2D eigenvalue weighted by molar-refractivity contribution is 0.0277.